The first kappa shape index (κ1) is 27.9. The van der Waals surface area contributed by atoms with E-state index in [0.29, 0.717) is 61.6 Å². The van der Waals surface area contributed by atoms with Gasteiger partial charge in [0.05, 0.1) is 6.61 Å². The van der Waals surface area contributed by atoms with Crippen molar-refractivity contribution in [2.45, 2.75) is 26.7 Å². The Morgan fingerprint density at radius 3 is 2.07 bits per heavy atom. The lowest BCUT2D eigenvalue weighted by Gasteiger charge is -2.15. The summed E-state index contributed by atoms with van der Waals surface area (Å²) in [5.41, 5.74) is 6.36. The molecule has 0 spiro atoms. The molecule has 0 saturated carbocycles. The van der Waals surface area contributed by atoms with Gasteiger partial charge in [0, 0.05) is 34.6 Å². The van der Waals surface area contributed by atoms with E-state index in [1.54, 1.807) is 37.3 Å². The van der Waals surface area contributed by atoms with E-state index in [2.05, 4.69) is 27.0 Å². The van der Waals surface area contributed by atoms with Crippen molar-refractivity contribution in [2.24, 2.45) is 0 Å². The lowest BCUT2D eigenvalue weighted by molar-refractivity contribution is -0.138. The molecule has 6 aromatic rings. The number of aromatic hydroxyl groups is 2. The largest absolute Gasteiger partial charge is 0.505 e. The van der Waals surface area contributed by atoms with Crippen LogP contribution < -0.4 is 0 Å². The summed E-state index contributed by atoms with van der Waals surface area (Å²) in [6.45, 7) is 7.23. The molecular formula is C32H27ClN6O4. The maximum absolute atomic E-state index is 11.9. The van der Waals surface area contributed by atoms with Crippen LogP contribution in [0.25, 0.3) is 33.4 Å². The van der Waals surface area contributed by atoms with Crippen LogP contribution in [0.3, 0.4) is 0 Å². The molecule has 2 aromatic heterocycles. The Bertz CT molecular complexity index is 2010. The average Bonchev–Trinajstić information content (AvgIpc) is 3.60. The van der Waals surface area contributed by atoms with Crippen molar-refractivity contribution < 1.29 is 19.7 Å². The molecule has 2 N–H and O–H groups in total. The Kier molecular flexibility index (Phi) is 7.29. The van der Waals surface area contributed by atoms with E-state index in [1.165, 1.54) is 9.59 Å². The van der Waals surface area contributed by atoms with Gasteiger partial charge in [-0.25, -0.2) is 4.79 Å². The Morgan fingerprint density at radius 2 is 1.42 bits per heavy atom. The molecule has 0 fully saturated rings. The minimum Gasteiger partial charge on any atom is -0.505 e. The zero-order valence-corrected chi connectivity index (χ0v) is 24.2. The molecule has 11 heteroatoms. The molecule has 0 aliphatic carbocycles. The van der Waals surface area contributed by atoms with Crippen LogP contribution in [0.15, 0.2) is 78.9 Å². The molecule has 0 amide bonds. The van der Waals surface area contributed by atoms with Gasteiger partial charge in [0.1, 0.15) is 44.9 Å². The number of phenolic OH excluding ortho intramolecular Hbond substituents is 2. The molecule has 0 atom stereocenters. The van der Waals surface area contributed by atoms with Crippen molar-refractivity contribution in [2.75, 3.05) is 6.61 Å². The second kappa shape index (κ2) is 11.2. The number of carbonyl (C=O) groups is 1. The summed E-state index contributed by atoms with van der Waals surface area (Å²) in [4.78, 5) is 14.7. The van der Waals surface area contributed by atoms with E-state index in [1.807, 2.05) is 43.3 Å². The summed E-state index contributed by atoms with van der Waals surface area (Å²) in [5, 5.41) is 41.5. The number of carbonyl (C=O) groups excluding carboxylic acids is 1. The maximum Gasteiger partial charge on any atom is 0.333 e. The first-order chi connectivity index (χ1) is 20.7. The van der Waals surface area contributed by atoms with Crippen LogP contribution in [0.4, 0.5) is 0 Å². The number of hydrogen-bond acceptors (Lipinski definition) is 8. The fraction of sp³-hybridized carbons (Fsp3) is 0.156. The number of fused-ring (bicyclic) bond motifs is 2. The molecule has 0 saturated heterocycles. The molecule has 216 valence electrons. The molecule has 0 unspecified atom stereocenters. The summed E-state index contributed by atoms with van der Waals surface area (Å²) in [5.74, 6) is -0.539. The topological polar surface area (TPSA) is 128 Å². The van der Waals surface area contributed by atoms with E-state index in [4.69, 9.17) is 16.3 Å². The van der Waals surface area contributed by atoms with Crippen LogP contribution in [0.2, 0.25) is 5.02 Å². The molecule has 0 aliphatic heterocycles. The minimum atomic E-state index is -0.474. The van der Waals surface area contributed by atoms with Crippen LogP contribution in [0.1, 0.15) is 29.2 Å². The summed E-state index contributed by atoms with van der Waals surface area (Å²) >= 11 is 6.13. The molecule has 2 heterocycles. The molecular weight excluding hydrogens is 568 g/mol. The van der Waals surface area contributed by atoms with Crippen LogP contribution in [0, 0.1) is 6.92 Å². The van der Waals surface area contributed by atoms with Crippen molar-refractivity contribution in [3.05, 3.63) is 106 Å². The van der Waals surface area contributed by atoms with Gasteiger partial charge < -0.3 is 14.9 Å². The third kappa shape index (κ3) is 5.64. The number of aryl methyl sites for hydroxylation is 1. The zero-order chi connectivity index (χ0) is 30.2. The van der Waals surface area contributed by atoms with Crippen molar-refractivity contribution in [3.8, 4) is 22.9 Å². The number of hydrogen-bond donors (Lipinski definition) is 2. The van der Waals surface area contributed by atoms with Gasteiger partial charge in [-0.05, 0) is 67.4 Å². The normalized spacial score (nSPS) is 11.3. The number of benzene rings is 4. The smallest absolute Gasteiger partial charge is 0.333 e. The number of phenols is 2. The summed E-state index contributed by atoms with van der Waals surface area (Å²) in [6, 6.07) is 19.8. The number of esters is 1. The van der Waals surface area contributed by atoms with Crippen molar-refractivity contribution in [1.29, 1.82) is 0 Å². The highest BCUT2D eigenvalue weighted by Crippen LogP contribution is 2.35. The van der Waals surface area contributed by atoms with Gasteiger partial charge >= 0.3 is 5.97 Å². The van der Waals surface area contributed by atoms with Crippen LogP contribution >= 0.6 is 11.6 Å². The first-order valence-electron chi connectivity index (χ1n) is 13.5. The molecule has 43 heavy (non-hydrogen) atoms. The van der Waals surface area contributed by atoms with E-state index in [0.717, 1.165) is 11.1 Å². The van der Waals surface area contributed by atoms with Crippen molar-refractivity contribution in [3.63, 3.8) is 0 Å². The van der Waals surface area contributed by atoms with Gasteiger partial charge in [-0.3, -0.25) is 0 Å². The highest BCUT2D eigenvalue weighted by Gasteiger charge is 2.19. The average molecular weight is 595 g/mol. The lowest BCUT2D eigenvalue weighted by atomic mass is 9.97. The number of nitrogens with zero attached hydrogens (tertiary/aromatic N) is 6. The van der Waals surface area contributed by atoms with E-state index >= 15 is 0 Å². The maximum atomic E-state index is 11.9. The van der Waals surface area contributed by atoms with Gasteiger partial charge in [0.2, 0.25) is 0 Å². The lowest BCUT2D eigenvalue weighted by Crippen LogP contribution is -2.09. The van der Waals surface area contributed by atoms with Gasteiger partial charge in [-0.2, -0.15) is 0 Å². The van der Waals surface area contributed by atoms with Gasteiger partial charge in [-0.1, -0.05) is 42.4 Å². The van der Waals surface area contributed by atoms with Gasteiger partial charge in [0.15, 0.2) is 0 Å². The fourth-order valence-corrected chi connectivity index (χ4v) is 5.01. The SMILES string of the molecule is C=C(C)C(=O)OCCc1cc(Cc2cc(C)cc(-n3nc4ccc(Cl)cc4n3)c2O)c(O)c(-n2nc3ccccc3n2)c1. The van der Waals surface area contributed by atoms with Gasteiger partial charge in [0.25, 0.3) is 0 Å². The minimum absolute atomic E-state index is 0.0262. The number of halogens is 1. The summed E-state index contributed by atoms with van der Waals surface area (Å²) in [7, 11) is 0. The fourth-order valence-electron chi connectivity index (χ4n) is 4.85. The number of rotatable bonds is 8. The summed E-state index contributed by atoms with van der Waals surface area (Å²) in [6.07, 6.45) is 0.545. The van der Waals surface area contributed by atoms with E-state index < -0.39 is 5.97 Å². The Balaban J connectivity index is 1.41. The third-order valence-electron chi connectivity index (χ3n) is 6.95. The van der Waals surface area contributed by atoms with Crippen LogP contribution in [0.5, 0.6) is 11.5 Å². The van der Waals surface area contributed by atoms with E-state index in [-0.39, 0.29) is 24.5 Å². The third-order valence-corrected chi connectivity index (χ3v) is 7.19. The molecule has 6 rings (SSSR count). The van der Waals surface area contributed by atoms with Crippen LogP contribution in [-0.4, -0.2) is 52.8 Å². The molecule has 0 aliphatic rings. The second-order valence-corrected chi connectivity index (χ2v) is 10.8. The highest BCUT2D eigenvalue weighted by atomic mass is 35.5. The second-order valence-electron chi connectivity index (χ2n) is 10.4. The standard InChI is InChI=1S/C32H27ClN6O4/c1-18(2)32(42)43-11-10-20-14-22(31(41)29(15-20)39-34-24-6-4-5-7-25(24)35-39)16-21-12-19(3)13-28(30(21)40)38-36-26-9-8-23(33)17-27(26)37-38/h4-9,12-15,17,40-41H,1,10-11,16H2,2-3H3. The summed E-state index contributed by atoms with van der Waals surface area (Å²) < 4.78 is 5.32. The Labute approximate surface area is 251 Å². The monoisotopic (exact) mass is 594 g/mol. The Morgan fingerprint density at radius 1 is 0.837 bits per heavy atom. The molecule has 4 aromatic carbocycles. The number of aromatic nitrogens is 6. The van der Waals surface area contributed by atoms with Crippen molar-refractivity contribution in [1.82, 2.24) is 30.0 Å². The quantitative estimate of drug-likeness (QED) is 0.168. The zero-order valence-electron chi connectivity index (χ0n) is 23.5. The molecule has 10 nitrogen and oxygen atoms in total. The van der Waals surface area contributed by atoms with Crippen molar-refractivity contribution >= 4 is 39.6 Å². The van der Waals surface area contributed by atoms with E-state index in [9.17, 15) is 15.0 Å². The van der Waals surface area contributed by atoms with Gasteiger partial charge in [-0.15, -0.1) is 30.0 Å². The Hall–Kier alpha value is -5.22. The number of ether oxygens (including phenoxy) is 1. The molecule has 0 bridgehead atoms. The predicted octanol–water partition coefficient (Wildman–Crippen LogP) is 5.78. The first-order valence-corrected chi connectivity index (χ1v) is 13.9. The molecule has 0 radical (unpaired) electrons. The van der Waals surface area contributed by atoms with Crippen LogP contribution in [-0.2, 0) is 22.4 Å². The predicted molar refractivity (Wildman–Crippen MR) is 163 cm³/mol. The highest BCUT2D eigenvalue weighted by molar-refractivity contribution is 6.31.